The van der Waals surface area contributed by atoms with Gasteiger partial charge >= 0.3 is 5.97 Å². The zero-order chi connectivity index (χ0) is 12.6. The van der Waals surface area contributed by atoms with Crippen LogP contribution in [0.5, 0.6) is 0 Å². The zero-order valence-electron chi connectivity index (χ0n) is 9.80. The lowest BCUT2D eigenvalue weighted by Gasteiger charge is -2.05. The Labute approximate surface area is 109 Å². The molecule has 1 N–H and O–H groups in total. The van der Waals surface area contributed by atoms with Crippen molar-refractivity contribution in [2.45, 2.75) is 19.3 Å². The first kappa shape index (κ1) is 11.4. The summed E-state index contributed by atoms with van der Waals surface area (Å²) in [6.45, 7) is 0. The van der Waals surface area contributed by atoms with Gasteiger partial charge in [0.15, 0.2) is 0 Å². The molecule has 18 heavy (non-hydrogen) atoms. The lowest BCUT2D eigenvalue weighted by atomic mass is 10.0. The van der Waals surface area contributed by atoms with Crippen molar-refractivity contribution in [2.24, 2.45) is 5.41 Å². The van der Waals surface area contributed by atoms with Crippen molar-refractivity contribution in [1.29, 1.82) is 0 Å². The summed E-state index contributed by atoms with van der Waals surface area (Å²) < 4.78 is 0. The molecule has 4 heteroatoms. The van der Waals surface area contributed by atoms with Crippen LogP contribution in [0, 0.1) is 5.41 Å². The average Bonchev–Trinajstić information content (AvgIpc) is 3.01. The third-order valence-corrected chi connectivity index (χ3v) is 4.27. The molecule has 0 amide bonds. The van der Waals surface area contributed by atoms with Crippen LogP contribution in [0.2, 0.25) is 0 Å². The fourth-order valence-electron chi connectivity index (χ4n) is 2.04. The first-order valence-corrected chi connectivity index (χ1v) is 6.81. The van der Waals surface area contributed by atoms with Gasteiger partial charge in [0, 0.05) is 17.4 Å². The third kappa shape index (κ3) is 2.04. The summed E-state index contributed by atoms with van der Waals surface area (Å²) in [6, 6.07) is 9.97. The van der Waals surface area contributed by atoms with Gasteiger partial charge in [0.2, 0.25) is 0 Å². The number of carboxylic acids is 1. The number of rotatable bonds is 4. The second-order valence-corrected chi connectivity index (χ2v) is 5.70. The number of aliphatic carboxylic acids is 1. The molecule has 1 fully saturated rings. The number of carboxylic acid groups (broad SMARTS) is 1. The van der Waals surface area contributed by atoms with E-state index in [1.54, 1.807) is 11.3 Å². The lowest BCUT2D eigenvalue weighted by molar-refractivity contribution is -0.143. The highest BCUT2D eigenvalue weighted by Crippen LogP contribution is 2.49. The Morgan fingerprint density at radius 1 is 1.33 bits per heavy atom. The first-order chi connectivity index (χ1) is 8.70. The molecule has 3 nitrogen and oxygen atoms in total. The van der Waals surface area contributed by atoms with Crippen molar-refractivity contribution in [3.8, 4) is 11.3 Å². The maximum atomic E-state index is 11.1. The van der Waals surface area contributed by atoms with E-state index in [2.05, 4.69) is 4.98 Å². The summed E-state index contributed by atoms with van der Waals surface area (Å²) in [5, 5.41) is 12.1. The lowest BCUT2D eigenvalue weighted by Crippen LogP contribution is -2.17. The monoisotopic (exact) mass is 259 g/mol. The van der Waals surface area contributed by atoms with Gasteiger partial charge in [-0.1, -0.05) is 30.3 Å². The Kier molecular flexibility index (Phi) is 2.67. The smallest absolute Gasteiger partial charge is 0.310 e. The highest BCUT2D eigenvalue weighted by molar-refractivity contribution is 7.10. The van der Waals surface area contributed by atoms with E-state index < -0.39 is 11.4 Å². The zero-order valence-corrected chi connectivity index (χ0v) is 10.6. The fraction of sp³-hybridized carbons (Fsp3) is 0.286. The molecule has 2 aromatic rings. The van der Waals surface area contributed by atoms with Crippen LogP contribution in [0.15, 0.2) is 35.7 Å². The van der Waals surface area contributed by atoms with Crippen LogP contribution in [0.1, 0.15) is 17.8 Å². The van der Waals surface area contributed by atoms with E-state index in [0.717, 1.165) is 29.1 Å². The maximum Gasteiger partial charge on any atom is 0.310 e. The number of nitrogens with zero attached hydrogens (tertiary/aromatic N) is 1. The van der Waals surface area contributed by atoms with E-state index in [-0.39, 0.29) is 0 Å². The average molecular weight is 259 g/mol. The molecule has 0 bridgehead atoms. The summed E-state index contributed by atoms with van der Waals surface area (Å²) in [4.78, 5) is 15.7. The molecule has 0 saturated heterocycles. The number of carbonyl (C=O) groups is 1. The summed E-state index contributed by atoms with van der Waals surface area (Å²) in [5.41, 5.74) is 1.50. The minimum atomic E-state index is -0.682. The molecule has 1 aromatic carbocycles. The van der Waals surface area contributed by atoms with Crippen LogP contribution in [0.25, 0.3) is 11.3 Å². The van der Waals surface area contributed by atoms with E-state index in [9.17, 15) is 4.79 Å². The molecule has 0 atom stereocenters. The summed E-state index contributed by atoms with van der Waals surface area (Å²) in [6.07, 6.45) is 2.13. The molecular formula is C14H13NO2S. The maximum absolute atomic E-state index is 11.1. The van der Waals surface area contributed by atoms with Crippen LogP contribution < -0.4 is 0 Å². The Bertz CT molecular complexity index is 572. The van der Waals surface area contributed by atoms with Gasteiger partial charge in [-0.25, -0.2) is 4.98 Å². The van der Waals surface area contributed by atoms with Crippen molar-refractivity contribution in [3.63, 3.8) is 0 Å². The van der Waals surface area contributed by atoms with Gasteiger partial charge in [-0.2, -0.15) is 0 Å². The molecule has 0 radical (unpaired) electrons. The molecule has 1 aliphatic rings. The van der Waals surface area contributed by atoms with E-state index in [1.807, 2.05) is 35.7 Å². The van der Waals surface area contributed by atoms with E-state index in [0.29, 0.717) is 6.42 Å². The molecule has 1 aromatic heterocycles. The highest BCUT2D eigenvalue weighted by Gasteiger charge is 2.50. The van der Waals surface area contributed by atoms with Gasteiger partial charge in [0.05, 0.1) is 16.1 Å². The standard InChI is InChI=1S/C14H13NO2S/c16-13(17)14(6-7-14)8-12-15-11(9-18-12)10-4-2-1-3-5-10/h1-5,9H,6-8H2,(H,16,17). The van der Waals surface area contributed by atoms with Crippen LogP contribution in [0.4, 0.5) is 0 Å². The van der Waals surface area contributed by atoms with E-state index in [1.165, 1.54) is 0 Å². The van der Waals surface area contributed by atoms with Crippen molar-refractivity contribution in [1.82, 2.24) is 4.98 Å². The largest absolute Gasteiger partial charge is 0.481 e. The quantitative estimate of drug-likeness (QED) is 0.917. The normalized spacial score (nSPS) is 16.4. The van der Waals surface area contributed by atoms with Gasteiger partial charge in [-0.15, -0.1) is 11.3 Å². The van der Waals surface area contributed by atoms with Gasteiger partial charge in [-0.3, -0.25) is 4.79 Å². The molecule has 3 rings (SSSR count). The Hall–Kier alpha value is -1.68. The minimum Gasteiger partial charge on any atom is -0.481 e. The second kappa shape index (κ2) is 4.21. The third-order valence-electron chi connectivity index (χ3n) is 3.42. The van der Waals surface area contributed by atoms with Gasteiger partial charge in [0.25, 0.3) is 0 Å². The fourth-order valence-corrected chi connectivity index (χ4v) is 2.99. The second-order valence-electron chi connectivity index (χ2n) is 4.75. The highest BCUT2D eigenvalue weighted by atomic mass is 32.1. The Morgan fingerprint density at radius 3 is 2.67 bits per heavy atom. The number of hydrogen-bond acceptors (Lipinski definition) is 3. The van der Waals surface area contributed by atoms with Crippen molar-refractivity contribution < 1.29 is 9.90 Å². The van der Waals surface area contributed by atoms with E-state index >= 15 is 0 Å². The molecule has 92 valence electrons. The van der Waals surface area contributed by atoms with Crippen molar-refractivity contribution in [3.05, 3.63) is 40.7 Å². The molecule has 0 unspecified atom stereocenters. The summed E-state index contributed by atoms with van der Waals surface area (Å²) in [7, 11) is 0. The van der Waals surface area contributed by atoms with Crippen molar-refractivity contribution >= 4 is 17.3 Å². The number of aromatic nitrogens is 1. The molecule has 0 spiro atoms. The van der Waals surface area contributed by atoms with Crippen LogP contribution in [-0.4, -0.2) is 16.1 Å². The van der Waals surface area contributed by atoms with E-state index in [4.69, 9.17) is 5.11 Å². The van der Waals surface area contributed by atoms with Crippen LogP contribution >= 0.6 is 11.3 Å². The van der Waals surface area contributed by atoms with Crippen LogP contribution in [-0.2, 0) is 11.2 Å². The predicted octanol–water partition coefficient (Wildman–Crippen LogP) is 3.22. The summed E-state index contributed by atoms with van der Waals surface area (Å²) in [5.74, 6) is -0.682. The number of hydrogen-bond donors (Lipinski definition) is 1. The molecule has 1 saturated carbocycles. The number of benzene rings is 1. The molecule has 0 aliphatic heterocycles. The Morgan fingerprint density at radius 2 is 2.06 bits per heavy atom. The Balaban J connectivity index is 1.81. The van der Waals surface area contributed by atoms with Crippen molar-refractivity contribution in [2.75, 3.05) is 0 Å². The SMILES string of the molecule is O=C(O)C1(Cc2nc(-c3ccccc3)cs2)CC1. The summed E-state index contributed by atoms with van der Waals surface area (Å²) >= 11 is 1.55. The van der Waals surface area contributed by atoms with Gasteiger partial charge in [0.1, 0.15) is 0 Å². The van der Waals surface area contributed by atoms with Gasteiger partial charge in [-0.05, 0) is 12.8 Å². The molecular weight excluding hydrogens is 246 g/mol. The topological polar surface area (TPSA) is 50.2 Å². The van der Waals surface area contributed by atoms with Crippen LogP contribution in [0.3, 0.4) is 0 Å². The minimum absolute atomic E-state index is 0.522. The predicted molar refractivity (Wildman–Crippen MR) is 70.6 cm³/mol. The first-order valence-electron chi connectivity index (χ1n) is 5.93. The van der Waals surface area contributed by atoms with Gasteiger partial charge < -0.3 is 5.11 Å². The molecule has 1 heterocycles. The molecule has 1 aliphatic carbocycles. The number of thiazole rings is 1.